The molecule has 4 nitrogen and oxygen atoms in total. The third-order valence-electron chi connectivity index (χ3n) is 2.40. The highest BCUT2D eigenvalue weighted by Crippen LogP contribution is 2.10. The fourth-order valence-electron chi connectivity index (χ4n) is 1.51. The van der Waals surface area contributed by atoms with Crippen LogP contribution in [0.25, 0.3) is 0 Å². The van der Waals surface area contributed by atoms with Gasteiger partial charge in [-0.3, -0.25) is 4.79 Å². The Balaban J connectivity index is 2.96. The smallest absolute Gasteiger partial charge is 0.273 e. The number of hydrogen-bond donors (Lipinski definition) is 0. The molecule has 0 aromatic carbocycles. The van der Waals surface area contributed by atoms with Gasteiger partial charge in [0, 0.05) is 27.2 Å². The number of carbonyl (C=O) groups is 1. The van der Waals surface area contributed by atoms with Crippen LogP contribution in [0.3, 0.4) is 0 Å². The van der Waals surface area contributed by atoms with Crippen LogP contribution in [0.5, 0.6) is 0 Å². The summed E-state index contributed by atoms with van der Waals surface area (Å²) in [5.74, 6) is 0.650. The van der Waals surface area contributed by atoms with Crippen LogP contribution in [0, 0.1) is 0 Å². The van der Waals surface area contributed by atoms with Gasteiger partial charge >= 0.3 is 0 Å². The molecule has 0 saturated heterocycles. The van der Waals surface area contributed by atoms with Crippen molar-refractivity contribution >= 4 is 11.7 Å². The van der Waals surface area contributed by atoms with E-state index in [0.29, 0.717) is 18.8 Å². The highest BCUT2D eigenvalue weighted by Gasteiger charge is 2.15. The first-order valence-electron chi connectivity index (χ1n) is 5.75. The third kappa shape index (κ3) is 3.45. The summed E-state index contributed by atoms with van der Waals surface area (Å²) in [6.45, 7) is 8.27. The summed E-state index contributed by atoms with van der Waals surface area (Å²) in [6.07, 6.45) is 3.38. The molecule has 0 N–H and O–H groups in total. The molecule has 0 spiro atoms. The number of aromatic nitrogens is 1. The first-order valence-corrected chi connectivity index (χ1v) is 5.75. The van der Waals surface area contributed by atoms with E-state index in [2.05, 4.69) is 18.1 Å². The number of rotatable bonds is 6. The molecule has 0 aliphatic carbocycles. The molecule has 1 heterocycles. The Hall–Kier alpha value is -2.10. The van der Waals surface area contributed by atoms with Crippen LogP contribution in [0.15, 0.2) is 43.5 Å². The van der Waals surface area contributed by atoms with Gasteiger partial charge in [-0.15, -0.1) is 13.2 Å². The molecule has 1 aromatic rings. The predicted molar refractivity (Wildman–Crippen MR) is 74.9 cm³/mol. The Labute approximate surface area is 108 Å². The number of pyridine rings is 1. The fourth-order valence-corrected chi connectivity index (χ4v) is 1.51. The number of nitrogens with zero attached hydrogens (tertiary/aromatic N) is 3. The number of hydrogen-bond acceptors (Lipinski definition) is 3. The highest BCUT2D eigenvalue weighted by molar-refractivity contribution is 5.92. The zero-order chi connectivity index (χ0) is 13.5. The van der Waals surface area contributed by atoms with Gasteiger partial charge in [-0.25, -0.2) is 4.98 Å². The van der Waals surface area contributed by atoms with Gasteiger partial charge in [0.2, 0.25) is 0 Å². The molecular weight excluding hydrogens is 226 g/mol. The minimum absolute atomic E-state index is 0.112. The van der Waals surface area contributed by atoms with Crippen molar-refractivity contribution in [2.75, 3.05) is 32.1 Å². The van der Waals surface area contributed by atoms with Crippen LogP contribution in [0.2, 0.25) is 0 Å². The second-order valence-electron chi connectivity index (χ2n) is 4.06. The minimum atomic E-state index is -0.112. The van der Waals surface area contributed by atoms with Gasteiger partial charge in [0.15, 0.2) is 0 Å². The Kier molecular flexibility index (Phi) is 5.11. The molecule has 1 aromatic heterocycles. The molecule has 0 fully saturated rings. The van der Waals surface area contributed by atoms with Gasteiger partial charge < -0.3 is 9.80 Å². The number of anilines is 1. The van der Waals surface area contributed by atoms with E-state index in [1.165, 1.54) is 0 Å². The second-order valence-corrected chi connectivity index (χ2v) is 4.06. The zero-order valence-electron chi connectivity index (χ0n) is 11.0. The van der Waals surface area contributed by atoms with Crippen molar-refractivity contribution in [2.24, 2.45) is 0 Å². The summed E-state index contributed by atoms with van der Waals surface area (Å²) < 4.78 is 0. The van der Waals surface area contributed by atoms with Crippen LogP contribution in [0.1, 0.15) is 10.5 Å². The number of carbonyl (C=O) groups excluding carboxylic acids is 1. The Morgan fingerprint density at radius 1 is 1.28 bits per heavy atom. The molecule has 0 saturated carbocycles. The van der Waals surface area contributed by atoms with E-state index in [9.17, 15) is 4.79 Å². The first-order chi connectivity index (χ1) is 8.60. The molecule has 0 unspecified atom stereocenters. The van der Waals surface area contributed by atoms with E-state index in [-0.39, 0.29) is 5.91 Å². The van der Waals surface area contributed by atoms with Gasteiger partial charge in [-0.1, -0.05) is 18.2 Å². The summed E-state index contributed by atoms with van der Waals surface area (Å²) in [7, 11) is 3.78. The molecule has 0 atom stereocenters. The van der Waals surface area contributed by atoms with Crippen molar-refractivity contribution in [3.63, 3.8) is 0 Å². The Morgan fingerprint density at radius 3 is 2.39 bits per heavy atom. The lowest BCUT2D eigenvalue weighted by atomic mass is 10.3. The molecule has 0 aliphatic heterocycles. The van der Waals surface area contributed by atoms with Crippen molar-refractivity contribution in [3.05, 3.63) is 49.2 Å². The average molecular weight is 245 g/mol. The van der Waals surface area contributed by atoms with Crippen molar-refractivity contribution < 1.29 is 4.79 Å². The first kappa shape index (κ1) is 14.0. The molecule has 18 heavy (non-hydrogen) atoms. The fraction of sp³-hybridized carbons (Fsp3) is 0.286. The van der Waals surface area contributed by atoms with E-state index < -0.39 is 0 Å². The van der Waals surface area contributed by atoms with Crippen LogP contribution < -0.4 is 4.90 Å². The molecule has 0 aliphatic rings. The molecular formula is C14H19N3O. The quantitative estimate of drug-likeness (QED) is 0.719. The van der Waals surface area contributed by atoms with Gasteiger partial charge in [-0.05, 0) is 12.1 Å². The lowest BCUT2D eigenvalue weighted by Crippen LogP contribution is -2.32. The SMILES string of the molecule is C=CCN(CC=C)C(=O)c1cccc(N(C)C)n1. The van der Waals surface area contributed by atoms with Crippen molar-refractivity contribution in [3.8, 4) is 0 Å². The highest BCUT2D eigenvalue weighted by atomic mass is 16.2. The lowest BCUT2D eigenvalue weighted by molar-refractivity contribution is 0.0785. The van der Waals surface area contributed by atoms with Crippen molar-refractivity contribution in [1.29, 1.82) is 0 Å². The normalized spacial score (nSPS) is 9.67. The maximum atomic E-state index is 12.2. The van der Waals surface area contributed by atoms with E-state index in [4.69, 9.17) is 0 Å². The molecule has 0 radical (unpaired) electrons. The molecule has 1 rings (SSSR count). The minimum Gasteiger partial charge on any atom is -0.363 e. The van der Waals surface area contributed by atoms with Crippen molar-refractivity contribution in [1.82, 2.24) is 9.88 Å². The zero-order valence-corrected chi connectivity index (χ0v) is 11.0. The van der Waals surface area contributed by atoms with E-state index in [1.807, 2.05) is 31.1 Å². The van der Waals surface area contributed by atoms with Crippen LogP contribution in [0.4, 0.5) is 5.82 Å². The van der Waals surface area contributed by atoms with Gasteiger partial charge in [-0.2, -0.15) is 0 Å². The molecule has 0 bridgehead atoms. The van der Waals surface area contributed by atoms with E-state index in [0.717, 1.165) is 5.82 Å². The maximum Gasteiger partial charge on any atom is 0.273 e. The van der Waals surface area contributed by atoms with Gasteiger partial charge in [0.25, 0.3) is 5.91 Å². The summed E-state index contributed by atoms with van der Waals surface area (Å²) in [6, 6.07) is 5.41. The summed E-state index contributed by atoms with van der Waals surface area (Å²) >= 11 is 0. The average Bonchev–Trinajstić information content (AvgIpc) is 2.38. The number of amides is 1. The predicted octanol–water partition coefficient (Wildman–Crippen LogP) is 1.96. The van der Waals surface area contributed by atoms with Gasteiger partial charge in [0.05, 0.1) is 0 Å². The van der Waals surface area contributed by atoms with E-state index >= 15 is 0 Å². The Bertz CT molecular complexity index is 430. The van der Waals surface area contributed by atoms with Crippen molar-refractivity contribution in [2.45, 2.75) is 0 Å². The lowest BCUT2D eigenvalue weighted by Gasteiger charge is -2.19. The largest absolute Gasteiger partial charge is 0.363 e. The van der Waals surface area contributed by atoms with Crippen LogP contribution in [-0.4, -0.2) is 43.0 Å². The maximum absolute atomic E-state index is 12.2. The monoisotopic (exact) mass is 245 g/mol. The molecule has 1 amide bonds. The van der Waals surface area contributed by atoms with Crippen LogP contribution >= 0.6 is 0 Å². The summed E-state index contributed by atoms with van der Waals surface area (Å²) in [5.41, 5.74) is 0.435. The molecule has 4 heteroatoms. The van der Waals surface area contributed by atoms with Gasteiger partial charge in [0.1, 0.15) is 11.5 Å². The van der Waals surface area contributed by atoms with Crippen LogP contribution in [-0.2, 0) is 0 Å². The summed E-state index contributed by atoms with van der Waals surface area (Å²) in [5, 5.41) is 0. The second kappa shape index (κ2) is 6.59. The Morgan fingerprint density at radius 2 is 1.89 bits per heavy atom. The topological polar surface area (TPSA) is 36.4 Å². The van der Waals surface area contributed by atoms with E-state index in [1.54, 1.807) is 23.1 Å². The standard InChI is InChI=1S/C14H19N3O/c1-5-10-17(11-6-2)14(18)12-8-7-9-13(15-12)16(3)4/h5-9H,1-2,10-11H2,3-4H3. The summed E-state index contributed by atoms with van der Waals surface area (Å²) in [4.78, 5) is 20.1. The molecule has 96 valence electrons. The third-order valence-corrected chi connectivity index (χ3v) is 2.40.